The molecule has 0 radical (unpaired) electrons. The summed E-state index contributed by atoms with van der Waals surface area (Å²) in [5, 5.41) is 0. The van der Waals surface area contributed by atoms with Gasteiger partial charge in [0.25, 0.3) is 10.0 Å². The molecule has 1 saturated heterocycles. The van der Waals surface area contributed by atoms with E-state index in [4.69, 9.17) is 0 Å². The number of aryl methyl sites for hydroxylation is 1. The maximum absolute atomic E-state index is 12.9. The van der Waals surface area contributed by atoms with Crippen LogP contribution in [0, 0.1) is 5.92 Å². The molecule has 0 spiro atoms. The van der Waals surface area contributed by atoms with E-state index in [-0.39, 0.29) is 5.91 Å². The van der Waals surface area contributed by atoms with Crippen LogP contribution in [0.5, 0.6) is 0 Å². The molecule has 0 atom stereocenters. The Balaban J connectivity index is 1.77. The fourth-order valence-corrected chi connectivity index (χ4v) is 5.51. The van der Waals surface area contributed by atoms with Crippen molar-refractivity contribution in [2.45, 2.75) is 53.4 Å². The molecule has 0 unspecified atom stereocenters. The number of amides is 1. The molecule has 7 heteroatoms. The van der Waals surface area contributed by atoms with Gasteiger partial charge in [0.15, 0.2) is 0 Å². The van der Waals surface area contributed by atoms with Crippen LogP contribution < -0.4 is 0 Å². The van der Waals surface area contributed by atoms with E-state index in [1.807, 2.05) is 41.0 Å². The molecule has 0 aliphatic carbocycles. The van der Waals surface area contributed by atoms with Crippen molar-refractivity contribution >= 4 is 26.7 Å². The molecule has 3 rings (SSSR count). The van der Waals surface area contributed by atoms with Gasteiger partial charge in [0.1, 0.15) is 10.7 Å². The summed E-state index contributed by atoms with van der Waals surface area (Å²) in [5.74, 6) is 1.23. The highest BCUT2D eigenvalue weighted by atomic mass is 32.2. The molecule has 2 heterocycles. The van der Waals surface area contributed by atoms with Gasteiger partial charge >= 0.3 is 0 Å². The molecule has 2 aliphatic heterocycles. The Morgan fingerprint density at radius 3 is 2.43 bits per heavy atom. The predicted octanol–water partition coefficient (Wildman–Crippen LogP) is 3.69. The first-order valence-electron chi connectivity index (χ1n) is 10.9. The zero-order valence-electron chi connectivity index (χ0n) is 18.5. The van der Waals surface area contributed by atoms with E-state index in [1.54, 1.807) is 0 Å². The molecule has 1 aromatic carbocycles. The van der Waals surface area contributed by atoms with Gasteiger partial charge in [0.2, 0.25) is 5.91 Å². The Labute approximate surface area is 180 Å². The molecule has 0 aromatic heterocycles. The normalized spacial score (nSPS) is 19.3. The molecule has 1 fully saturated rings. The summed E-state index contributed by atoms with van der Waals surface area (Å²) in [5.41, 5.74) is 2.55. The fourth-order valence-electron chi connectivity index (χ4n) is 4.02. The van der Waals surface area contributed by atoms with Crippen LogP contribution in [-0.2, 0) is 21.2 Å². The molecule has 30 heavy (non-hydrogen) atoms. The van der Waals surface area contributed by atoms with E-state index in [0.29, 0.717) is 60.4 Å². The Morgan fingerprint density at radius 2 is 1.80 bits per heavy atom. The van der Waals surface area contributed by atoms with Crippen molar-refractivity contribution < 1.29 is 13.2 Å². The first kappa shape index (κ1) is 22.5. The minimum absolute atomic E-state index is 0.190. The lowest BCUT2D eigenvalue weighted by Gasteiger charge is -2.24. The number of benzene rings is 1. The van der Waals surface area contributed by atoms with Gasteiger partial charge in [0.05, 0.1) is 0 Å². The van der Waals surface area contributed by atoms with Gasteiger partial charge < -0.3 is 9.80 Å². The second kappa shape index (κ2) is 9.33. The molecular formula is C23H33N3O3S. The smallest absolute Gasteiger partial charge is 0.285 e. The molecule has 0 saturated carbocycles. The topological polar surface area (TPSA) is 70.0 Å². The highest BCUT2D eigenvalue weighted by Gasteiger charge is 2.34. The van der Waals surface area contributed by atoms with Crippen molar-refractivity contribution in [3.8, 4) is 0 Å². The summed E-state index contributed by atoms with van der Waals surface area (Å²) in [4.78, 5) is 16.7. The van der Waals surface area contributed by atoms with Crippen molar-refractivity contribution in [1.29, 1.82) is 0 Å². The Bertz CT molecular complexity index is 946. The van der Waals surface area contributed by atoms with Gasteiger partial charge in [-0.15, -0.1) is 4.40 Å². The van der Waals surface area contributed by atoms with Crippen molar-refractivity contribution in [2.24, 2.45) is 10.3 Å². The van der Waals surface area contributed by atoms with E-state index in [1.165, 1.54) is 5.56 Å². The summed E-state index contributed by atoms with van der Waals surface area (Å²) in [6.45, 7) is 10.8. The molecule has 0 N–H and O–H groups in total. The van der Waals surface area contributed by atoms with Crippen LogP contribution in [0.2, 0.25) is 0 Å². The molecule has 164 valence electrons. The van der Waals surface area contributed by atoms with Gasteiger partial charge in [-0.25, -0.2) is 0 Å². The number of amidine groups is 1. The van der Waals surface area contributed by atoms with Crippen LogP contribution >= 0.6 is 0 Å². The maximum Gasteiger partial charge on any atom is 0.285 e. The van der Waals surface area contributed by atoms with Crippen molar-refractivity contribution in [2.75, 3.05) is 26.2 Å². The molecule has 1 aromatic rings. The first-order valence-corrected chi connectivity index (χ1v) is 12.3. The lowest BCUT2D eigenvalue weighted by molar-refractivity contribution is -0.131. The average molecular weight is 432 g/mol. The zero-order chi connectivity index (χ0) is 21.9. The van der Waals surface area contributed by atoms with Crippen LogP contribution in [0.3, 0.4) is 0 Å². The summed E-state index contributed by atoms with van der Waals surface area (Å²) < 4.78 is 29.8. The fraction of sp³-hybridized carbons (Fsp3) is 0.565. The minimum atomic E-state index is -3.72. The Hall–Kier alpha value is -2.15. The van der Waals surface area contributed by atoms with E-state index in [2.05, 4.69) is 25.2 Å². The number of sulfonamides is 1. The lowest BCUT2D eigenvalue weighted by Crippen LogP contribution is -2.37. The summed E-state index contributed by atoms with van der Waals surface area (Å²) >= 11 is 0. The highest BCUT2D eigenvalue weighted by molar-refractivity contribution is 8.00. The third kappa shape index (κ3) is 4.94. The predicted molar refractivity (Wildman–Crippen MR) is 122 cm³/mol. The van der Waals surface area contributed by atoms with Crippen molar-refractivity contribution in [3.63, 3.8) is 0 Å². The number of hydrogen-bond acceptors (Lipinski definition) is 4. The van der Waals surface area contributed by atoms with E-state index in [0.717, 1.165) is 19.3 Å². The van der Waals surface area contributed by atoms with Crippen LogP contribution in [0.4, 0.5) is 0 Å². The number of rotatable bonds is 5. The zero-order valence-corrected chi connectivity index (χ0v) is 19.3. The van der Waals surface area contributed by atoms with Crippen molar-refractivity contribution in [3.05, 3.63) is 41.0 Å². The monoisotopic (exact) mass is 431 g/mol. The third-order valence-corrected chi connectivity index (χ3v) is 7.32. The Kier molecular flexibility index (Phi) is 7.01. The maximum atomic E-state index is 12.9. The van der Waals surface area contributed by atoms with E-state index in [9.17, 15) is 13.2 Å². The molecular weight excluding hydrogens is 398 g/mol. The lowest BCUT2D eigenvalue weighted by atomic mass is 10.1. The largest absolute Gasteiger partial charge is 0.354 e. The average Bonchev–Trinajstić information content (AvgIpc) is 2.87. The minimum Gasteiger partial charge on any atom is -0.354 e. The second-order valence-corrected chi connectivity index (χ2v) is 10.1. The standard InChI is InChI=1S/C23H33N3O3S/c1-5-19-8-10-20(11-9-19)22-18(4)23(24-30(22,28)29)26-14-6-13-25(15-16-26)21(27)12-7-17(2)3/h8-11,17H,5-7,12-16H2,1-4H3. The van der Waals surface area contributed by atoms with E-state index >= 15 is 0 Å². The number of nitrogens with zero attached hydrogens (tertiary/aromatic N) is 3. The summed E-state index contributed by atoms with van der Waals surface area (Å²) in [7, 11) is -3.72. The van der Waals surface area contributed by atoms with Gasteiger partial charge in [-0.05, 0) is 43.2 Å². The number of carbonyl (C=O) groups is 1. The van der Waals surface area contributed by atoms with Crippen LogP contribution in [0.25, 0.3) is 4.91 Å². The molecule has 1 amide bonds. The molecule has 2 aliphatic rings. The highest BCUT2D eigenvalue weighted by Crippen LogP contribution is 2.34. The number of hydrogen-bond donors (Lipinski definition) is 0. The van der Waals surface area contributed by atoms with Gasteiger partial charge in [-0.1, -0.05) is 45.0 Å². The molecule has 6 nitrogen and oxygen atoms in total. The van der Waals surface area contributed by atoms with Crippen LogP contribution in [0.15, 0.2) is 34.2 Å². The number of carbonyl (C=O) groups excluding carboxylic acids is 1. The van der Waals surface area contributed by atoms with Crippen molar-refractivity contribution in [1.82, 2.24) is 9.80 Å². The SMILES string of the molecule is CCc1ccc(C2=C(C)C(N3CCCN(C(=O)CCC(C)C)CC3)=NS2(=O)=O)cc1. The summed E-state index contributed by atoms with van der Waals surface area (Å²) in [6.07, 6.45) is 3.18. The van der Waals surface area contributed by atoms with Crippen LogP contribution in [-0.4, -0.2) is 56.1 Å². The third-order valence-electron chi connectivity index (χ3n) is 5.85. The van der Waals surface area contributed by atoms with Gasteiger partial charge in [0, 0.05) is 38.2 Å². The van der Waals surface area contributed by atoms with Crippen LogP contribution in [0.1, 0.15) is 58.1 Å². The second-order valence-electron chi connectivity index (χ2n) is 8.55. The quantitative estimate of drug-likeness (QED) is 0.713. The Morgan fingerprint density at radius 1 is 1.10 bits per heavy atom. The van der Waals surface area contributed by atoms with Gasteiger partial charge in [-0.3, -0.25) is 4.79 Å². The summed E-state index contributed by atoms with van der Waals surface area (Å²) in [6, 6.07) is 7.67. The van der Waals surface area contributed by atoms with E-state index < -0.39 is 10.0 Å². The molecule has 0 bridgehead atoms. The first-order chi connectivity index (χ1) is 14.2. The van der Waals surface area contributed by atoms with Gasteiger partial charge in [-0.2, -0.15) is 8.42 Å².